The normalized spacial score (nSPS) is 10.7. The van der Waals surface area contributed by atoms with Crippen LogP contribution in [0, 0.1) is 6.92 Å². The third-order valence-corrected chi connectivity index (χ3v) is 5.03. The number of ether oxygens (including phenoxy) is 1. The fraction of sp³-hybridized carbons (Fsp3) is 0.333. The molecule has 2 heterocycles. The number of thioether (sulfide) groups is 1. The minimum atomic E-state index is -0.308. The molecular weight excluding hydrogens is 284 g/mol. The number of carbonyl (C=O) groups is 2. The van der Waals surface area contributed by atoms with Gasteiger partial charge >= 0.3 is 5.97 Å². The van der Waals surface area contributed by atoms with Crippen LogP contribution >= 0.6 is 23.1 Å². The van der Waals surface area contributed by atoms with Crippen molar-refractivity contribution in [2.24, 2.45) is 0 Å². The standard InChI is InChI=1S/C12H12N2O3S2/c1-6-9-11(19-10(6)7(2)15)12(14-5-13-9)18-4-8(16)17-3/h5H,4H2,1-3H3. The molecule has 0 aliphatic rings. The van der Waals surface area contributed by atoms with Crippen molar-refractivity contribution in [3.63, 3.8) is 0 Å². The number of fused-ring (bicyclic) bond motifs is 1. The maximum atomic E-state index is 11.5. The molecule has 0 atom stereocenters. The molecule has 0 radical (unpaired) electrons. The van der Waals surface area contributed by atoms with Gasteiger partial charge in [0.15, 0.2) is 5.78 Å². The summed E-state index contributed by atoms with van der Waals surface area (Å²) in [6, 6.07) is 0. The molecule has 5 nitrogen and oxygen atoms in total. The molecule has 0 fully saturated rings. The zero-order valence-corrected chi connectivity index (χ0v) is 12.4. The minimum absolute atomic E-state index is 0.0180. The van der Waals surface area contributed by atoms with Crippen molar-refractivity contribution >= 4 is 45.1 Å². The van der Waals surface area contributed by atoms with Gasteiger partial charge in [0.1, 0.15) is 11.4 Å². The molecule has 0 saturated heterocycles. The van der Waals surface area contributed by atoms with Gasteiger partial charge in [0.2, 0.25) is 0 Å². The molecular formula is C12H12N2O3S2. The highest BCUT2D eigenvalue weighted by Crippen LogP contribution is 2.35. The van der Waals surface area contributed by atoms with E-state index in [0.29, 0.717) is 9.90 Å². The van der Waals surface area contributed by atoms with Crippen LogP contribution in [0.25, 0.3) is 10.2 Å². The second kappa shape index (κ2) is 5.66. The van der Waals surface area contributed by atoms with Gasteiger partial charge in [-0.1, -0.05) is 11.8 Å². The van der Waals surface area contributed by atoms with E-state index in [1.807, 2.05) is 6.92 Å². The Morgan fingerprint density at radius 2 is 2.16 bits per heavy atom. The van der Waals surface area contributed by atoms with Gasteiger partial charge in [-0.05, 0) is 19.4 Å². The van der Waals surface area contributed by atoms with E-state index in [1.165, 1.54) is 43.5 Å². The minimum Gasteiger partial charge on any atom is -0.468 e. The second-order valence-electron chi connectivity index (χ2n) is 3.83. The third-order valence-electron chi connectivity index (χ3n) is 2.55. The van der Waals surface area contributed by atoms with E-state index in [-0.39, 0.29) is 17.5 Å². The van der Waals surface area contributed by atoms with E-state index in [1.54, 1.807) is 0 Å². The Kier molecular flexibility index (Phi) is 4.16. The second-order valence-corrected chi connectivity index (χ2v) is 5.82. The number of ketones is 1. The number of methoxy groups -OCH3 is 1. The Labute approximate surface area is 118 Å². The highest BCUT2D eigenvalue weighted by Gasteiger charge is 2.17. The molecule has 0 aliphatic heterocycles. The molecule has 0 saturated carbocycles. The lowest BCUT2D eigenvalue weighted by Gasteiger charge is -2.00. The van der Waals surface area contributed by atoms with Crippen molar-refractivity contribution in [1.29, 1.82) is 0 Å². The molecule has 0 unspecified atom stereocenters. The average molecular weight is 296 g/mol. The number of Topliss-reactive ketones (excluding diaryl/α,β-unsaturated/α-hetero) is 1. The van der Waals surface area contributed by atoms with Crippen molar-refractivity contribution < 1.29 is 14.3 Å². The number of nitrogens with zero attached hydrogens (tertiary/aromatic N) is 2. The van der Waals surface area contributed by atoms with Gasteiger partial charge in [-0.3, -0.25) is 9.59 Å². The van der Waals surface area contributed by atoms with Crippen LogP contribution in [0.15, 0.2) is 11.4 Å². The largest absolute Gasteiger partial charge is 0.468 e. The SMILES string of the molecule is COC(=O)CSc1ncnc2c(C)c(C(C)=O)sc12. The zero-order chi connectivity index (χ0) is 14.0. The fourth-order valence-corrected chi connectivity index (χ4v) is 3.69. The summed E-state index contributed by atoms with van der Waals surface area (Å²) in [7, 11) is 1.35. The number of hydrogen-bond donors (Lipinski definition) is 0. The van der Waals surface area contributed by atoms with Gasteiger partial charge in [-0.2, -0.15) is 0 Å². The third kappa shape index (κ3) is 2.76. The number of aromatic nitrogens is 2. The van der Waals surface area contributed by atoms with Gasteiger partial charge in [0, 0.05) is 0 Å². The summed E-state index contributed by atoms with van der Waals surface area (Å²) in [6.07, 6.45) is 1.45. The first-order chi connectivity index (χ1) is 9.04. The van der Waals surface area contributed by atoms with Crippen LogP contribution in [0.4, 0.5) is 0 Å². The Morgan fingerprint density at radius 1 is 1.42 bits per heavy atom. The van der Waals surface area contributed by atoms with Crippen molar-refractivity contribution in [1.82, 2.24) is 9.97 Å². The first-order valence-electron chi connectivity index (χ1n) is 5.49. The summed E-state index contributed by atoms with van der Waals surface area (Å²) in [6.45, 7) is 3.41. The Morgan fingerprint density at radius 3 is 2.79 bits per heavy atom. The lowest BCUT2D eigenvalue weighted by Crippen LogP contribution is -2.03. The van der Waals surface area contributed by atoms with E-state index in [4.69, 9.17) is 0 Å². The van der Waals surface area contributed by atoms with E-state index >= 15 is 0 Å². The molecule has 100 valence electrons. The number of hydrogen-bond acceptors (Lipinski definition) is 7. The molecule has 0 aromatic carbocycles. The van der Waals surface area contributed by atoms with Crippen LogP contribution in [0.2, 0.25) is 0 Å². The average Bonchev–Trinajstić information content (AvgIpc) is 2.74. The highest BCUT2D eigenvalue weighted by atomic mass is 32.2. The van der Waals surface area contributed by atoms with Crippen LogP contribution in [0.1, 0.15) is 22.2 Å². The van der Waals surface area contributed by atoms with E-state index in [0.717, 1.165) is 15.8 Å². The number of rotatable bonds is 4. The summed E-state index contributed by atoms with van der Waals surface area (Å²) in [5, 5.41) is 0.705. The van der Waals surface area contributed by atoms with Crippen molar-refractivity contribution in [3.8, 4) is 0 Å². The first-order valence-corrected chi connectivity index (χ1v) is 7.29. The van der Waals surface area contributed by atoms with Crippen LogP contribution in [-0.2, 0) is 9.53 Å². The molecule has 19 heavy (non-hydrogen) atoms. The molecule has 0 spiro atoms. The molecule has 0 amide bonds. The maximum Gasteiger partial charge on any atom is 0.316 e. The Balaban J connectivity index is 2.42. The number of thiophene rings is 1. The number of esters is 1. The zero-order valence-electron chi connectivity index (χ0n) is 10.7. The Hall–Kier alpha value is -1.47. The molecule has 0 bridgehead atoms. The summed E-state index contributed by atoms with van der Waals surface area (Å²) in [4.78, 5) is 31.8. The lowest BCUT2D eigenvalue weighted by molar-refractivity contribution is -0.137. The smallest absolute Gasteiger partial charge is 0.316 e. The lowest BCUT2D eigenvalue weighted by atomic mass is 10.2. The van der Waals surface area contributed by atoms with Gasteiger partial charge in [-0.25, -0.2) is 9.97 Å². The topological polar surface area (TPSA) is 69.2 Å². The van der Waals surface area contributed by atoms with Crippen molar-refractivity contribution in [2.75, 3.05) is 12.9 Å². The van der Waals surface area contributed by atoms with Gasteiger partial charge < -0.3 is 4.74 Å². The van der Waals surface area contributed by atoms with Gasteiger partial charge in [0.25, 0.3) is 0 Å². The Bertz CT molecular complexity index is 652. The van der Waals surface area contributed by atoms with E-state index in [2.05, 4.69) is 14.7 Å². The quantitative estimate of drug-likeness (QED) is 0.373. The first kappa shape index (κ1) is 14.0. The molecule has 2 aromatic rings. The van der Waals surface area contributed by atoms with Crippen LogP contribution < -0.4 is 0 Å². The summed E-state index contributed by atoms with van der Waals surface area (Å²) in [5.74, 6) is -0.101. The van der Waals surface area contributed by atoms with Crippen LogP contribution in [0.5, 0.6) is 0 Å². The highest BCUT2D eigenvalue weighted by molar-refractivity contribution is 8.00. The van der Waals surface area contributed by atoms with Crippen LogP contribution in [0.3, 0.4) is 0 Å². The van der Waals surface area contributed by atoms with Gasteiger partial charge in [-0.15, -0.1) is 11.3 Å². The molecule has 0 aliphatic carbocycles. The predicted octanol–water partition coefficient (Wildman–Crippen LogP) is 2.47. The van der Waals surface area contributed by atoms with Crippen LogP contribution in [-0.4, -0.2) is 34.6 Å². The summed E-state index contributed by atoms with van der Waals surface area (Å²) < 4.78 is 5.44. The molecule has 2 rings (SSSR count). The number of aryl methyl sites for hydroxylation is 1. The molecule has 0 N–H and O–H groups in total. The van der Waals surface area contributed by atoms with E-state index < -0.39 is 0 Å². The van der Waals surface area contributed by atoms with Crippen molar-refractivity contribution in [3.05, 3.63) is 16.8 Å². The summed E-state index contributed by atoms with van der Waals surface area (Å²) >= 11 is 2.66. The van der Waals surface area contributed by atoms with Crippen molar-refractivity contribution in [2.45, 2.75) is 18.9 Å². The van der Waals surface area contributed by atoms with E-state index in [9.17, 15) is 9.59 Å². The molecule has 7 heteroatoms. The van der Waals surface area contributed by atoms with Gasteiger partial charge in [0.05, 0.1) is 28.0 Å². The molecule has 2 aromatic heterocycles. The fourth-order valence-electron chi connectivity index (χ4n) is 1.63. The monoisotopic (exact) mass is 296 g/mol. The predicted molar refractivity (Wildman–Crippen MR) is 74.9 cm³/mol. The number of carbonyl (C=O) groups excluding carboxylic acids is 2. The summed E-state index contributed by atoms with van der Waals surface area (Å²) in [5.41, 5.74) is 1.65. The maximum absolute atomic E-state index is 11.5.